The Labute approximate surface area is 348 Å². The third-order valence-electron chi connectivity index (χ3n) is 12.4. The van der Waals surface area contributed by atoms with Crippen LogP contribution in [-0.2, 0) is 42.8 Å². The van der Waals surface area contributed by atoms with Gasteiger partial charge in [-0.2, -0.15) is 0 Å². The number of likely N-dealkylation sites (N-methyl/N-ethyl adjacent to an activating group) is 1. The first-order valence-corrected chi connectivity index (χ1v) is 21.7. The van der Waals surface area contributed by atoms with Crippen molar-refractivity contribution in [3.63, 3.8) is 0 Å². The van der Waals surface area contributed by atoms with Gasteiger partial charge in [0.25, 0.3) is 0 Å². The van der Waals surface area contributed by atoms with Crippen molar-refractivity contribution in [2.24, 2.45) is 23.7 Å². The molecule has 0 spiro atoms. The molecule has 0 aromatic carbocycles. The molecule has 0 bridgehead atoms. The molecule has 338 valence electrons. The fourth-order valence-corrected chi connectivity index (χ4v) is 9.15. The van der Waals surface area contributed by atoms with Gasteiger partial charge >= 0.3 is 0 Å². The Morgan fingerprint density at radius 2 is 1.74 bits per heavy atom. The smallest absolute Gasteiger partial charge is 0.225 e. The maximum atomic E-state index is 14.4. The number of rotatable bonds is 14. The van der Waals surface area contributed by atoms with E-state index in [1.807, 2.05) is 48.7 Å². The summed E-state index contributed by atoms with van der Waals surface area (Å²) >= 11 is 0. The fraction of sp³-hybridized carbons (Fsp3) is 0.930. The number of hydrogen-bond donors (Lipinski definition) is 4. The lowest BCUT2D eigenvalue weighted by molar-refractivity contribution is -0.320. The summed E-state index contributed by atoms with van der Waals surface area (Å²) in [6.45, 7) is 20.1. The summed E-state index contributed by atoms with van der Waals surface area (Å²) in [7, 11) is 7.29. The highest BCUT2D eigenvalue weighted by molar-refractivity contribution is 5.81. The van der Waals surface area contributed by atoms with E-state index in [1.165, 1.54) is 0 Å². The Hall–Kier alpha value is -1.95. The van der Waals surface area contributed by atoms with Crippen molar-refractivity contribution in [2.45, 2.75) is 187 Å². The normalized spacial score (nSPS) is 40.0. The largest absolute Gasteiger partial charge is 0.387 e. The highest BCUT2D eigenvalue weighted by atomic mass is 16.7. The van der Waals surface area contributed by atoms with Gasteiger partial charge < -0.3 is 59.1 Å². The Kier molecular flexibility index (Phi) is 19.3. The van der Waals surface area contributed by atoms with E-state index in [-0.39, 0.29) is 61.0 Å². The molecular weight excluding hydrogens is 748 g/mol. The molecule has 0 aliphatic carbocycles. The lowest BCUT2D eigenvalue weighted by atomic mass is 9.77. The van der Waals surface area contributed by atoms with Gasteiger partial charge in [0.1, 0.15) is 12.2 Å². The van der Waals surface area contributed by atoms with Crippen LogP contribution in [0.5, 0.6) is 0 Å². The highest BCUT2D eigenvalue weighted by Crippen LogP contribution is 2.40. The fourth-order valence-electron chi connectivity index (χ4n) is 9.15. The summed E-state index contributed by atoms with van der Waals surface area (Å²) < 4.78 is 39.1. The van der Waals surface area contributed by atoms with E-state index in [4.69, 9.17) is 28.4 Å². The minimum atomic E-state index is -1.52. The Balaban J connectivity index is 2.13. The molecule has 0 aromatic rings. The maximum absolute atomic E-state index is 14.4. The van der Waals surface area contributed by atoms with Crippen LogP contribution >= 0.6 is 0 Å². The molecule has 3 aliphatic rings. The molecule has 3 heterocycles. The number of nitrogens with one attached hydrogen (secondary N) is 2. The van der Waals surface area contributed by atoms with Gasteiger partial charge in [-0.15, -0.1) is 0 Å². The molecule has 3 fully saturated rings. The first-order chi connectivity index (χ1) is 27.0. The first-order valence-electron chi connectivity index (χ1n) is 21.7. The lowest BCUT2D eigenvalue weighted by Gasteiger charge is -2.49. The second-order valence-electron chi connectivity index (χ2n) is 18.7. The van der Waals surface area contributed by atoms with Gasteiger partial charge in [0.05, 0.1) is 41.5 Å². The lowest BCUT2D eigenvalue weighted by Crippen LogP contribution is -2.61. The number of carbonyl (C=O) groups excluding carboxylic acids is 3. The molecule has 3 saturated heterocycles. The summed E-state index contributed by atoms with van der Waals surface area (Å²) in [4.78, 5) is 43.7. The minimum absolute atomic E-state index is 0.0247. The predicted molar refractivity (Wildman–Crippen MR) is 221 cm³/mol. The van der Waals surface area contributed by atoms with Crippen LogP contribution in [0.3, 0.4) is 0 Å². The Bertz CT molecular complexity index is 1300. The van der Waals surface area contributed by atoms with E-state index in [0.717, 1.165) is 0 Å². The molecule has 15 atom stereocenters. The Morgan fingerprint density at radius 1 is 1.07 bits per heavy atom. The molecule has 58 heavy (non-hydrogen) atoms. The Morgan fingerprint density at radius 3 is 2.34 bits per heavy atom. The van der Waals surface area contributed by atoms with Crippen molar-refractivity contribution in [1.29, 1.82) is 0 Å². The quantitative estimate of drug-likeness (QED) is 0.188. The molecule has 0 saturated carbocycles. The first kappa shape index (κ1) is 50.4. The molecule has 0 aromatic heterocycles. The van der Waals surface area contributed by atoms with Crippen LogP contribution in [0.2, 0.25) is 0 Å². The SMILES string of the molecule is CCC(=O)NCCCO[C@H]1C(O[C@@H]2[C@@H](C)C(O[C@H]3C[C@@](C)(OC)[C@@H](O)[C@H](C)O3)C(C)C(=O)N[C@@H](CC(C)C)CC(=O)N(C)C[C@H](C)CC2(C)O)O[C@H](C)CC1N(C)C. The zero-order valence-electron chi connectivity index (χ0n) is 38.1. The second-order valence-corrected chi connectivity index (χ2v) is 18.7. The van der Waals surface area contributed by atoms with Crippen LogP contribution in [0.15, 0.2) is 0 Å². The van der Waals surface area contributed by atoms with Crippen LogP contribution in [0.4, 0.5) is 0 Å². The predicted octanol–water partition coefficient (Wildman–Crippen LogP) is 3.47. The molecule has 15 nitrogen and oxygen atoms in total. The molecule has 15 heteroatoms. The average Bonchev–Trinajstić information content (AvgIpc) is 3.13. The van der Waals surface area contributed by atoms with E-state index >= 15 is 0 Å². The average molecular weight is 829 g/mol. The molecular formula is C43H80N4O11. The third-order valence-corrected chi connectivity index (χ3v) is 12.4. The van der Waals surface area contributed by atoms with Crippen molar-refractivity contribution in [3.8, 4) is 0 Å². The number of carbonyl (C=O) groups is 3. The van der Waals surface area contributed by atoms with Crippen LogP contribution in [0, 0.1) is 23.7 Å². The van der Waals surface area contributed by atoms with E-state index in [1.54, 1.807) is 39.8 Å². The van der Waals surface area contributed by atoms with Crippen molar-refractivity contribution >= 4 is 17.7 Å². The zero-order chi connectivity index (χ0) is 43.7. The molecule has 3 rings (SSSR count). The standard InChI is InChI=1S/C43H80N4O11/c1-15-33(48)44-17-16-18-54-37-32(46(11)12)20-27(5)55-41(37)58-39-28(6)36(57-35-23-43(10,53-14)38(50)30(8)56-35)29(7)40(51)45-31(19-25(2)3)21-34(49)47(13)24-26(4)22-42(39,9)52/h25-32,35-39,41,50,52H,15-24H2,1-14H3,(H,44,48)(H,45,51)/t26-,27-,28+,29?,30+,31+,32?,35+,36?,37-,38+,39-,41?,42?,43-/m1/s1. The summed E-state index contributed by atoms with van der Waals surface area (Å²) in [5.41, 5.74) is -2.50. The number of aliphatic hydroxyl groups is 2. The number of aliphatic hydroxyl groups excluding tert-OH is 1. The molecule has 3 amide bonds. The van der Waals surface area contributed by atoms with E-state index in [0.29, 0.717) is 45.4 Å². The third kappa shape index (κ3) is 13.8. The van der Waals surface area contributed by atoms with Gasteiger partial charge in [0.15, 0.2) is 12.6 Å². The molecule has 3 aliphatic heterocycles. The molecule has 5 unspecified atom stereocenters. The summed E-state index contributed by atoms with van der Waals surface area (Å²) in [5, 5.41) is 29.8. The summed E-state index contributed by atoms with van der Waals surface area (Å²) in [6.07, 6.45) is -3.09. The second kappa shape index (κ2) is 22.2. The van der Waals surface area contributed by atoms with Crippen LogP contribution in [0.25, 0.3) is 0 Å². The number of hydrogen-bond acceptors (Lipinski definition) is 12. The number of methoxy groups -OCH3 is 1. The van der Waals surface area contributed by atoms with Crippen LogP contribution in [-0.4, -0.2) is 158 Å². The van der Waals surface area contributed by atoms with Crippen LogP contribution in [0.1, 0.15) is 114 Å². The van der Waals surface area contributed by atoms with Crippen molar-refractivity contribution in [1.82, 2.24) is 20.4 Å². The number of ether oxygens (including phenoxy) is 6. The summed E-state index contributed by atoms with van der Waals surface area (Å²) in [6, 6.07) is -0.498. The molecule has 0 radical (unpaired) electrons. The van der Waals surface area contributed by atoms with Crippen molar-refractivity contribution in [2.75, 3.05) is 47.9 Å². The van der Waals surface area contributed by atoms with Gasteiger partial charge in [-0.25, -0.2) is 0 Å². The maximum Gasteiger partial charge on any atom is 0.225 e. The van der Waals surface area contributed by atoms with E-state index in [9.17, 15) is 24.6 Å². The summed E-state index contributed by atoms with van der Waals surface area (Å²) in [5.74, 6) is -1.78. The molecule has 4 N–H and O–H groups in total. The zero-order valence-corrected chi connectivity index (χ0v) is 38.1. The van der Waals surface area contributed by atoms with Gasteiger partial charge in [0, 0.05) is 71.1 Å². The van der Waals surface area contributed by atoms with Gasteiger partial charge in [-0.3, -0.25) is 14.4 Å². The number of nitrogens with zero attached hydrogens (tertiary/aromatic N) is 2. The van der Waals surface area contributed by atoms with Gasteiger partial charge in [-0.05, 0) is 79.3 Å². The highest BCUT2D eigenvalue weighted by Gasteiger charge is 2.51. The van der Waals surface area contributed by atoms with Crippen molar-refractivity contribution < 1.29 is 53.0 Å². The minimum Gasteiger partial charge on any atom is -0.387 e. The van der Waals surface area contributed by atoms with Gasteiger partial charge in [-0.1, -0.05) is 41.5 Å². The van der Waals surface area contributed by atoms with Gasteiger partial charge in [0.2, 0.25) is 17.7 Å². The topological polar surface area (TPSA) is 178 Å². The van der Waals surface area contributed by atoms with Crippen molar-refractivity contribution in [3.05, 3.63) is 0 Å². The monoisotopic (exact) mass is 829 g/mol. The number of amides is 3. The van der Waals surface area contributed by atoms with E-state index in [2.05, 4.69) is 29.4 Å². The van der Waals surface area contributed by atoms with E-state index < -0.39 is 72.2 Å². The van der Waals surface area contributed by atoms with Crippen LogP contribution < -0.4 is 10.6 Å².